The molecule has 0 fully saturated rings. The molecule has 0 N–H and O–H groups in total. The predicted octanol–water partition coefficient (Wildman–Crippen LogP) is 6.72. The number of unbranched alkanes of at least 4 members (excludes halogenated alkanes) is 2. The van der Waals surface area contributed by atoms with Crippen molar-refractivity contribution in [3.63, 3.8) is 0 Å². The second-order valence-electron chi connectivity index (χ2n) is 8.35. The molecule has 0 aliphatic carbocycles. The van der Waals surface area contributed by atoms with E-state index in [9.17, 15) is 9.59 Å². The van der Waals surface area contributed by atoms with Gasteiger partial charge in [-0.3, -0.25) is 9.59 Å². The number of hydrogen-bond acceptors (Lipinski definition) is 6. The number of hydrogen-bond donors (Lipinski definition) is 0. The summed E-state index contributed by atoms with van der Waals surface area (Å²) in [6.45, 7) is 6.36. The lowest BCUT2D eigenvalue weighted by Crippen LogP contribution is -2.06. The molecule has 0 unspecified atom stereocenters. The first-order chi connectivity index (χ1) is 14.9. The Morgan fingerprint density at radius 1 is 1.03 bits per heavy atom. The van der Waals surface area contributed by atoms with Gasteiger partial charge in [-0.05, 0) is 43.2 Å². The minimum atomic E-state index is 0.112. The maximum Gasteiger partial charge on any atom is 0.182 e. The van der Waals surface area contributed by atoms with Gasteiger partial charge in [-0.1, -0.05) is 44.5 Å². The van der Waals surface area contributed by atoms with Crippen LogP contribution in [0.1, 0.15) is 72.4 Å². The highest BCUT2D eigenvalue weighted by Gasteiger charge is 2.20. The number of ketones is 2. The summed E-state index contributed by atoms with van der Waals surface area (Å²) in [5.41, 5.74) is 2.90. The molecule has 0 spiro atoms. The monoisotopic (exact) mass is 454 g/mol. The van der Waals surface area contributed by atoms with Crippen LogP contribution in [0.5, 0.6) is 0 Å². The van der Waals surface area contributed by atoms with Crippen LogP contribution in [0.25, 0.3) is 10.0 Å². The SMILES string of the molecule is Cc1ccccc1CC(=O)CCCCCC(=O)c1nc(-c2nccs2)sc1CC(C)C. The molecular weight excluding hydrogens is 424 g/mol. The van der Waals surface area contributed by atoms with Gasteiger partial charge in [0.25, 0.3) is 0 Å². The molecule has 164 valence electrons. The molecule has 4 nitrogen and oxygen atoms in total. The van der Waals surface area contributed by atoms with Crippen LogP contribution in [-0.2, 0) is 17.6 Å². The maximum absolute atomic E-state index is 12.9. The summed E-state index contributed by atoms with van der Waals surface area (Å²) < 4.78 is 0. The topological polar surface area (TPSA) is 59.9 Å². The third-order valence-corrected chi connectivity index (χ3v) is 7.17. The number of aryl methyl sites for hydroxylation is 1. The molecule has 3 aromatic rings. The van der Waals surface area contributed by atoms with Gasteiger partial charge in [0.15, 0.2) is 15.8 Å². The molecule has 0 bridgehead atoms. The van der Waals surface area contributed by atoms with E-state index < -0.39 is 0 Å². The average Bonchev–Trinajstić information content (AvgIpc) is 3.39. The number of rotatable bonds is 12. The molecule has 0 saturated carbocycles. The van der Waals surface area contributed by atoms with Crippen molar-refractivity contribution in [2.24, 2.45) is 5.92 Å². The first kappa shape index (κ1) is 23.5. The Hall–Kier alpha value is -2.18. The van der Waals surface area contributed by atoms with Crippen LogP contribution in [0.4, 0.5) is 0 Å². The zero-order chi connectivity index (χ0) is 22.2. The summed E-state index contributed by atoms with van der Waals surface area (Å²) in [7, 11) is 0. The number of aromatic nitrogens is 2. The van der Waals surface area contributed by atoms with Crippen LogP contribution in [-0.4, -0.2) is 21.5 Å². The molecule has 1 aromatic carbocycles. The van der Waals surface area contributed by atoms with Crippen LogP contribution < -0.4 is 0 Å². The minimum Gasteiger partial charge on any atom is -0.299 e. The van der Waals surface area contributed by atoms with Gasteiger partial charge in [0.2, 0.25) is 0 Å². The summed E-state index contributed by atoms with van der Waals surface area (Å²) >= 11 is 3.15. The lowest BCUT2D eigenvalue weighted by Gasteiger charge is -2.06. The van der Waals surface area contributed by atoms with Crippen LogP contribution in [0, 0.1) is 12.8 Å². The Balaban J connectivity index is 1.48. The number of nitrogens with zero attached hydrogens (tertiary/aromatic N) is 2. The van der Waals surface area contributed by atoms with Crippen molar-refractivity contribution in [2.75, 3.05) is 0 Å². The van der Waals surface area contributed by atoms with E-state index in [4.69, 9.17) is 0 Å². The molecule has 0 saturated heterocycles. The molecule has 0 amide bonds. The van der Waals surface area contributed by atoms with Crippen LogP contribution in [0.15, 0.2) is 35.8 Å². The Kier molecular flexibility index (Phi) is 8.67. The predicted molar refractivity (Wildman–Crippen MR) is 129 cm³/mol. The highest BCUT2D eigenvalue weighted by atomic mass is 32.1. The second-order valence-corrected chi connectivity index (χ2v) is 10.3. The quantitative estimate of drug-likeness (QED) is 0.225. The van der Waals surface area contributed by atoms with E-state index in [-0.39, 0.29) is 11.6 Å². The smallest absolute Gasteiger partial charge is 0.182 e. The van der Waals surface area contributed by atoms with Crippen molar-refractivity contribution in [3.05, 3.63) is 57.5 Å². The molecule has 31 heavy (non-hydrogen) atoms. The summed E-state index contributed by atoms with van der Waals surface area (Å²) in [4.78, 5) is 35.2. The zero-order valence-corrected chi connectivity index (χ0v) is 20.2. The Morgan fingerprint density at radius 2 is 1.81 bits per heavy atom. The second kappa shape index (κ2) is 11.4. The summed E-state index contributed by atoms with van der Waals surface area (Å²) in [6, 6.07) is 8.04. The van der Waals surface area contributed by atoms with E-state index in [2.05, 4.69) is 23.8 Å². The van der Waals surface area contributed by atoms with Gasteiger partial charge in [0, 0.05) is 35.7 Å². The normalized spacial score (nSPS) is 11.2. The average molecular weight is 455 g/mol. The molecule has 0 aliphatic rings. The minimum absolute atomic E-state index is 0.112. The van der Waals surface area contributed by atoms with Crippen molar-refractivity contribution >= 4 is 34.2 Å². The van der Waals surface area contributed by atoms with Crippen molar-refractivity contribution in [1.82, 2.24) is 9.97 Å². The number of carbonyl (C=O) groups excluding carboxylic acids is 2. The maximum atomic E-state index is 12.9. The van der Waals surface area contributed by atoms with Gasteiger partial charge in [0.1, 0.15) is 11.5 Å². The molecular formula is C25H30N2O2S2. The number of benzene rings is 1. The number of Topliss-reactive ketones (excluding diaryl/α,β-unsaturated/α-hetero) is 2. The molecule has 0 aliphatic heterocycles. The fourth-order valence-electron chi connectivity index (χ4n) is 3.51. The van der Waals surface area contributed by atoms with Crippen LogP contribution >= 0.6 is 22.7 Å². The fourth-order valence-corrected chi connectivity index (χ4v) is 5.48. The first-order valence-corrected chi connectivity index (χ1v) is 12.6. The van der Waals surface area contributed by atoms with Gasteiger partial charge in [-0.25, -0.2) is 9.97 Å². The van der Waals surface area contributed by atoms with Gasteiger partial charge < -0.3 is 0 Å². The number of carbonyl (C=O) groups is 2. The van der Waals surface area contributed by atoms with E-state index in [0.717, 1.165) is 46.1 Å². The third kappa shape index (κ3) is 6.91. The van der Waals surface area contributed by atoms with E-state index >= 15 is 0 Å². The molecule has 2 heterocycles. The van der Waals surface area contributed by atoms with Gasteiger partial charge in [0.05, 0.1) is 0 Å². The lowest BCUT2D eigenvalue weighted by molar-refractivity contribution is -0.118. The highest BCUT2D eigenvalue weighted by Crippen LogP contribution is 2.32. The van der Waals surface area contributed by atoms with Gasteiger partial charge >= 0.3 is 0 Å². The highest BCUT2D eigenvalue weighted by molar-refractivity contribution is 7.20. The molecule has 2 aromatic heterocycles. The zero-order valence-electron chi connectivity index (χ0n) is 18.5. The van der Waals surface area contributed by atoms with E-state index in [0.29, 0.717) is 30.9 Å². The Labute approximate surface area is 192 Å². The van der Waals surface area contributed by atoms with Crippen molar-refractivity contribution in [3.8, 4) is 10.0 Å². The summed E-state index contributed by atoms with van der Waals surface area (Å²) in [5, 5.41) is 3.65. The third-order valence-electron chi connectivity index (χ3n) is 5.18. The number of thiazole rings is 2. The summed E-state index contributed by atoms with van der Waals surface area (Å²) in [6.07, 6.45) is 6.70. The van der Waals surface area contributed by atoms with E-state index in [1.165, 1.54) is 5.56 Å². The van der Waals surface area contributed by atoms with E-state index in [1.807, 2.05) is 36.6 Å². The van der Waals surface area contributed by atoms with Crippen molar-refractivity contribution in [1.29, 1.82) is 0 Å². The van der Waals surface area contributed by atoms with Crippen LogP contribution in [0.2, 0.25) is 0 Å². The van der Waals surface area contributed by atoms with Crippen molar-refractivity contribution in [2.45, 2.75) is 65.7 Å². The first-order valence-electron chi connectivity index (χ1n) is 10.9. The lowest BCUT2D eigenvalue weighted by atomic mass is 9.99. The van der Waals surface area contributed by atoms with Crippen molar-refractivity contribution < 1.29 is 9.59 Å². The molecule has 3 rings (SSSR count). The standard InChI is InChI=1S/C25H30N2O2S2/c1-17(2)15-22-23(27-25(31-22)24-26-13-14-30-24)21(29)12-6-4-5-11-20(28)16-19-10-8-7-9-18(19)3/h7-10,13-14,17H,4-6,11-12,15-16H2,1-3H3. The van der Waals surface area contributed by atoms with E-state index in [1.54, 1.807) is 28.9 Å². The summed E-state index contributed by atoms with van der Waals surface area (Å²) in [5.74, 6) is 0.851. The molecule has 0 radical (unpaired) electrons. The molecule has 0 atom stereocenters. The largest absolute Gasteiger partial charge is 0.299 e. The van der Waals surface area contributed by atoms with Gasteiger partial charge in [-0.15, -0.1) is 22.7 Å². The molecule has 6 heteroatoms. The fraction of sp³-hybridized carbons (Fsp3) is 0.440. The van der Waals surface area contributed by atoms with Crippen LogP contribution in [0.3, 0.4) is 0 Å². The Morgan fingerprint density at radius 3 is 2.52 bits per heavy atom. The van der Waals surface area contributed by atoms with Gasteiger partial charge in [-0.2, -0.15) is 0 Å². The Bertz CT molecular complexity index is 1010.